The zero-order chi connectivity index (χ0) is 27.4. The number of hydrogen-bond donors (Lipinski definition) is 4. The Balaban J connectivity index is 1.35. The highest BCUT2D eigenvalue weighted by atomic mass is 32.2. The summed E-state index contributed by atoms with van der Waals surface area (Å²) in [4.78, 5) is 38.5. The molecule has 2 aromatic rings. The van der Waals surface area contributed by atoms with Crippen LogP contribution in [0.4, 0.5) is 0 Å². The van der Waals surface area contributed by atoms with Gasteiger partial charge in [0.25, 0.3) is 27.2 Å². The van der Waals surface area contributed by atoms with Crippen LogP contribution in [0, 0.1) is 0 Å². The second-order valence-electron chi connectivity index (χ2n) is 8.46. The van der Waals surface area contributed by atoms with Crippen molar-refractivity contribution in [2.75, 3.05) is 17.3 Å². The molecule has 3 heterocycles. The minimum atomic E-state index is -4.02. The van der Waals surface area contributed by atoms with Gasteiger partial charge in [0, 0.05) is 17.9 Å². The van der Waals surface area contributed by atoms with Crippen LogP contribution >= 0.6 is 23.5 Å². The van der Waals surface area contributed by atoms with Crippen molar-refractivity contribution >= 4 is 51.4 Å². The minimum absolute atomic E-state index is 0.162. The van der Waals surface area contributed by atoms with Gasteiger partial charge in [-0.25, -0.2) is 4.79 Å². The van der Waals surface area contributed by atoms with Crippen LogP contribution < -0.4 is 5.32 Å². The van der Waals surface area contributed by atoms with Gasteiger partial charge in [-0.15, -0.1) is 22.0 Å². The SMILES string of the molecule is O=C(O)C1=C(CSc2nnc(CCCCS(=O)(=O)O)o2)CS[C@@H]2C(NC(=O)[C@H](O)c3ccccc3)C(=O)N12. The molecule has 1 saturated heterocycles. The summed E-state index contributed by atoms with van der Waals surface area (Å²) in [5.41, 5.74) is 0.682. The fourth-order valence-electron chi connectivity index (χ4n) is 3.92. The van der Waals surface area contributed by atoms with Crippen LogP contribution in [0.3, 0.4) is 0 Å². The van der Waals surface area contributed by atoms with Crippen LogP contribution in [0.25, 0.3) is 0 Å². The lowest BCUT2D eigenvalue weighted by atomic mass is 10.0. The van der Waals surface area contributed by atoms with E-state index in [1.807, 2.05) is 0 Å². The van der Waals surface area contributed by atoms with Crippen molar-refractivity contribution in [2.24, 2.45) is 0 Å². The third-order valence-electron chi connectivity index (χ3n) is 5.77. The van der Waals surface area contributed by atoms with Crippen LogP contribution in [0.5, 0.6) is 0 Å². The third-order valence-corrected chi connectivity index (χ3v) is 8.82. The molecule has 0 radical (unpaired) electrons. The number of aryl methyl sites for hydroxylation is 1. The molecule has 13 nitrogen and oxygen atoms in total. The number of carboxylic acid groups (broad SMARTS) is 1. The summed E-state index contributed by atoms with van der Waals surface area (Å²) in [6, 6.07) is 7.29. The van der Waals surface area contributed by atoms with E-state index in [2.05, 4.69) is 15.5 Å². The molecule has 0 spiro atoms. The van der Waals surface area contributed by atoms with Gasteiger partial charge in [-0.2, -0.15) is 8.42 Å². The highest BCUT2D eigenvalue weighted by Crippen LogP contribution is 2.41. The Morgan fingerprint density at radius 1 is 1.24 bits per heavy atom. The maximum Gasteiger partial charge on any atom is 0.352 e. The Hall–Kier alpha value is -2.92. The molecular weight excluding hydrogens is 560 g/mol. The number of carbonyl (C=O) groups is 3. The van der Waals surface area contributed by atoms with E-state index in [1.165, 1.54) is 11.8 Å². The molecule has 2 aliphatic heterocycles. The van der Waals surface area contributed by atoms with Crippen molar-refractivity contribution < 1.29 is 42.0 Å². The van der Waals surface area contributed by atoms with E-state index in [9.17, 15) is 33.0 Å². The molecule has 4 rings (SSSR count). The maximum absolute atomic E-state index is 12.8. The molecule has 3 atom stereocenters. The Morgan fingerprint density at radius 2 is 1.97 bits per heavy atom. The van der Waals surface area contributed by atoms with E-state index in [0.29, 0.717) is 24.0 Å². The molecule has 1 unspecified atom stereocenters. The van der Waals surface area contributed by atoms with Crippen LogP contribution in [0.1, 0.15) is 30.4 Å². The van der Waals surface area contributed by atoms with E-state index in [0.717, 1.165) is 16.7 Å². The number of carboxylic acids is 1. The number of aliphatic hydroxyl groups is 1. The zero-order valence-corrected chi connectivity index (χ0v) is 22.2. The van der Waals surface area contributed by atoms with E-state index < -0.39 is 45.4 Å². The molecule has 0 aliphatic carbocycles. The van der Waals surface area contributed by atoms with Crippen molar-refractivity contribution in [1.82, 2.24) is 20.4 Å². The van der Waals surface area contributed by atoms with Crippen LogP contribution in [-0.2, 0) is 30.9 Å². The van der Waals surface area contributed by atoms with Crippen LogP contribution in [-0.4, -0.2) is 84.7 Å². The van der Waals surface area contributed by atoms with Crippen molar-refractivity contribution in [2.45, 2.75) is 42.0 Å². The Kier molecular flexibility index (Phi) is 8.77. The number of aliphatic carboxylic acids is 1. The lowest BCUT2D eigenvalue weighted by Gasteiger charge is -2.49. The van der Waals surface area contributed by atoms with Gasteiger partial charge in [0.2, 0.25) is 5.89 Å². The summed E-state index contributed by atoms with van der Waals surface area (Å²) in [7, 11) is -4.02. The average Bonchev–Trinajstić information content (AvgIpc) is 3.34. The van der Waals surface area contributed by atoms with Crippen molar-refractivity contribution in [3.63, 3.8) is 0 Å². The standard InChI is InChI=1S/C22H24N4O9S3/c27-17(12-6-2-1-3-7-12)18(28)23-15-19(29)26-16(21(30)31)13(10-36-20(15)26)11-37-22-25-24-14(35-22)8-4-5-9-38(32,33)34/h1-3,6-7,15,17,20,27H,4-5,8-11H2,(H,23,28)(H,30,31)(H,32,33,34)/t15?,17-,20-/m1/s1. The number of nitrogens with one attached hydrogen (secondary N) is 1. The largest absolute Gasteiger partial charge is 0.477 e. The highest BCUT2D eigenvalue weighted by Gasteiger charge is 2.54. The lowest BCUT2D eigenvalue weighted by molar-refractivity contribution is -0.151. The van der Waals surface area contributed by atoms with Crippen LogP contribution in [0.15, 0.2) is 51.2 Å². The van der Waals surface area contributed by atoms with Gasteiger partial charge < -0.3 is 19.9 Å². The number of fused-ring (bicyclic) bond motifs is 1. The molecule has 38 heavy (non-hydrogen) atoms. The van der Waals surface area contributed by atoms with E-state index in [1.54, 1.807) is 30.3 Å². The Labute approximate surface area is 225 Å². The quantitative estimate of drug-likeness (QED) is 0.118. The van der Waals surface area contributed by atoms with Gasteiger partial charge in [-0.1, -0.05) is 42.1 Å². The first-order valence-electron chi connectivity index (χ1n) is 11.4. The van der Waals surface area contributed by atoms with Gasteiger partial charge in [-0.3, -0.25) is 19.0 Å². The topological polar surface area (TPSA) is 200 Å². The van der Waals surface area contributed by atoms with E-state index in [4.69, 9.17) is 8.97 Å². The average molecular weight is 585 g/mol. The second-order valence-corrected chi connectivity index (χ2v) is 12.1. The molecule has 204 valence electrons. The number of unbranched alkanes of at least 4 members (excludes halogenated alkanes) is 1. The number of hydrogen-bond acceptors (Lipinski definition) is 11. The van der Waals surface area contributed by atoms with Crippen LogP contribution in [0.2, 0.25) is 0 Å². The van der Waals surface area contributed by atoms with Crippen molar-refractivity contribution in [3.8, 4) is 0 Å². The van der Waals surface area contributed by atoms with Crippen molar-refractivity contribution in [3.05, 3.63) is 53.1 Å². The molecule has 4 N–H and O–H groups in total. The van der Waals surface area contributed by atoms with Crippen molar-refractivity contribution in [1.29, 1.82) is 0 Å². The van der Waals surface area contributed by atoms with Gasteiger partial charge in [0.05, 0.1) is 5.75 Å². The van der Waals surface area contributed by atoms with E-state index >= 15 is 0 Å². The number of rotatable bonds is 12. The Morgan fingerprint density at radius 3 is 2.66 bits per heavy atom. The molecule has 16 heteroatoms. The summed E-state index contributed by atoms with van der Waals surface area (Å²) in [6.07, 6.45) is -0.503. The summed E-state index contributed by atoms with van der Waals surface area (Å²) in [6.45, 7) is 0. The normalized spacial score (nSPS) is 20.1. The van der Waals surface area contributed by atoms with Gasteiger partial charge in [0.1, 0.15) is 17.1 Å². The third kappa shape index (κ3) is 6.55. The number of β-lactam (4-membered cyclic amide) rings is 1. The smallest absolute Gasteiger partial charge is 0.352 e. The number of thioether (sulfide) groups is 2. The fourth-order valence-corrected chi connectivity index (χ4v) is 6.75. The number of amides is 2. The first-order chi connectivity index (χ1) is 18.0. The first kappa shape index (κ1) is 28.1. The summed E-state index contributed by atoms with van der Waals surface area (Å²) in [5.74, 6) is -2.24. The highest BCUT2D eigenvalue weighted by molar-refractivity contribution is 8.01. The molecule has 1 fully saturated rings. The molecule has 0 saturated carbocycles. The summed E-state index contributed by atoms with van der Waals surface area (Å²) >= 11 is 2.40. The molecule has 1 aromatic carbocycles. The minimum Gasteiger partial charge on any atom is -0.477 e. The summed E-state index contributed by atoms with van der Waals surface area (Å²) < 4.78 is 35.8. The maximum atomic E-state index is 12.8. The number of aliphatic hydroxyl groups excluding tert-OH is 1. The van der Waals surface area contributed by atoms with Gasteiger partial charge in [-0.05, 0) is 24.0 Å². The Bertz CT molecular complexity index is 1350. The predicted molar refractivity (Wildman–Crippen MR) is 135 cm³/mol. The number of carbonyl (C=O) groups excluding carboxylic acids is 2. The number of aromatic nitrogens is 2. The monoisotopic (exact) mass is 584 g/mol. The van der Waals surface area contributed by atoms with Gasteiger partial charge >= 0.3 is 5.97 Å². The number of nitrogens with zero attached hydrogens (tertiary/aromatic N) is 3. The number of benzene rings is 1. The molecule has 1 aromatic heterocycles. The predicted octanol–water partition coefficient (Wildman–Crippen LogP) is 0.844. The first-order valence-corrected chi connectivity index (χ1v) is 15.0. The van der Waals surface area contributed by atoms with E-state index in [-0.39, 0.29) is 40.5 Å². The molecular formula is C22H24N4O9S3. The fraction of sp³-hybridized carbons (Fsp3) is 0.409. The summed E-state index contributed by atoms with van der Waals surface area (Å²) in [5, 5.41) is 30.0. The van der Waals surface area contributed by atoms with Gasteiger partial charge in [0.15, 0.2) is 6.10 Å². The molecule has 2 amide bonds. The molecule has 2 aliphatic rings. The molecule has 0 bridgehead atoms. The lowest BCUT2D eigenvalue weighted by Crippen LogP contribution is -2.70. The zero-order valence-electron chi connectivity index (χ0n) is 19.7. The second kappa shape index (κ2) is 11.9.